The predicted octanol–water partition coefficient (Wildman–Crippen LogP) is 1.44. The first kappa shape index (κ1) is 14.9. The maximum absolute atomic E-state index is 13.1. The maximum atomic E-state index is 13.1. The van der Waals surface area contributed by atoms with Crippen LogP contribution in [0.1, 0.15) is 16.2 Å². The molecule has 0 spiro atoms. The molecule has 0 saturated heterocycles. The lowest BCUT2D eigenvalue weighted by atomic mass is 10.2. The van der Waals surface area contributed by atoms with Gasteiger partial charge in [0.05, 0.1) is 30.4 Å². The van der Waals surface area contributed by atoms with Gasteiger partial charge in [0.25, 0.3) is 5.91 Å². The van der Waals surface area contributed by atoms with Crippen molar-refractivity contribution in [1.29, 1.82) is 0 Å². The largest absolute Gasteiger partial charge is 0.378 e. The molecule has 1 aromatic carbocycles. The van der Waals surface area contributed by atoms with Crippen molar-refractivity contribution >= 4 is 16.8 Å². The number of nitrogens with zero attached hydrogens (tertiary/aromatic N) is 5. The van der Waals surface area contributed by atoms with E-state index in [0.717, 1.165) is 16.6 Å². The Morgan fingerprint density at radius 2 is 2.08 bits per heavy atom. The molecule has 0 N–H and O–H groups in total. The van der Waals surface area contributed by atoms with Crippen molar-refractivity contribution < 1.29 is 9.53 Å². The summed E-state index contributed by atoms with van der Waals surface area (Å²) >= 11 is 0. The van der Waals surface area contributed by atoms with Gasteiger partial charge >= 0.3 is 0 Å². The molecule has 0 saturated carbocycles. The summed E-state index contributed by atoms with van der Waals surface area (Å²) in [6.45, 7) is 1.67. The normalized spacial score (nSPS) is 17.8. The summed E-state index contributed by atoms with van der Waals surface area (Å²) in [7, 11) is 3.52. The zero-order chi connectivity index (χ0) is 16.7. The molecule has 1 aliphatic heterocycles. The molecule has 1 atom stereocenters. The Hall–Kier alpha value is -2.67. The van der Waals surface area contributed by atoms with Gasteiger partial charge in [0, 0.05) is 32.3 Å². The number of benzene rings is 1. The van der Waals surface area contributed by atoms with Gasteiger partial charge in [-0.25, -0.2) is 0 Å². The molecule has 4 rings (SSSR count). The molecule has 24 heavy (non-hydrogen) atoms. The van der Waals surface area contributed by atoms with E-state index in [0.29, 0.717) is 25.3 Å². The highest BCUT2D eigenvalue weighted by atomic mass is 16.5. The molecule has 7 heteroatoms. The van der Waals surface area contributed by atoms with E-state index in [1.807, 2.05) is 42.1 Å². The van der Waals surface area contributed by atoms with Crippen LogP contribution in [0.4, 0.5) is 0 Å². The SMILES string of the molecule is CO[C@H]1CN(C(=O)c2nn(C)c3ccccc23)Cc2ccnn2C1. The molecule has 0 fully saturated rings. The van der Waals surface area contributed by atoms with Crippen molar-refractivity contribution in [3.63, 3.8) is 0 Å². The molecule has 2 aromatic heterocycles. The monoisotopic (exact) mass is 325 g/mol. The summed E-state index contributed by atoms with van der Waals surface area (Å²) in [5.74, 6) is -0.0801. The molecule has 3 aromatic rings. The summed E-state index contributed by atoms with van der Waals surface area (Å²) in [6.07, 6.45) is 1.66. The lowest BCUT2D eigenvalue weighted by molar-refractivity contribution is 0.0447. The number of rotatable bonds is 2. The zero-order valence-corrected chi connectivity index (χ0v) is 13.7. The first-order valence-corrected chi connectivity index (χ1v) is 7.92. The molecule has 0 unspecified atom stereocenters. The van der Waals surface area contributed by atoms with Crippen molar-refractivity contribution in [2.45, 2.75) is 19.2 Å². The van der Waals surface area contributed by atoms with E-state index in [1.54, 1.807) is 22.9 Å². The van der Waals surface area contributed by atoms with Gasteiger partial charge in [0.2, 0.25) is 0 Å². The molecular formula is C17H19N5O2. The minimum absolute atomic E-state index is 0.0801. The van der Waals surface area contributed by atoms with Crippen molar-refractivity contribution in [3.8, 4) is 0 Å². The molecule has 1 amide bonds. The number of carbonyl (C=O) groups excluding carboxylic acids is 1. The highest BCUT2D eigenvalue weighted by molar-refractivity contribution is 6.04. The van der Waals surface area contributed by atoms with E-state index in [4.69, 9.17) is 4.74 Å². The van der Waals surface area contributed by atoms with Crippen LogP contribution in [0.15, 0.2) is 36.5 Å². The Morgan fingerprint density at radius 3 is 2.92 bits per heavy atom. The van der Waals surface area contributed by atoms with Crippen LogP contribution >= 0.6 is 0 Å². The van der Waals surface area contributed by atoms with Gasteiger partial charge in [-0.05, 0) is 12.1 Å². The van der Waals surface area contributed by atoms with Crippen LogP contribution in [0.3, 0.4) is 0 Å². The molecule has 7 nitrogen and oxygen atoms in total. The van der Waals surface area contributed by atoms with Gasteiger partial charge in [-0.2, -0.15) is 10.2 Å². The number of aromatic nitrogens is 4. The van der Waals surface area contributed by atoms with Crippen LogP contribution < -0.4 is 0 Å². The summed E-state index contributed by atoms with van der Waals surface area (Å²) < 4.78 is 9.18. The topological polar surface area (TPSA) is 65.2 Å². The zero-order valence-electron chi connectivity index (χ0n) is 13.7. The number of aryl methyl sites for hydroxylation is 1. The highest BCUT2D eigenvalue weighted by Gasteiger charge is 2.28. The van der Waals surface area contributed by atoms with E-state index in [2.05, 4.69) is 10.2 Å². The van der Waals surface area contributed by atoms with Crippen LogP contribution in [0.5, 0.6) is 0 Å². The Kier molecular flexibility index (Phi) is 3.57. The fourth-order valence-electron chi connectivity index (χ4n) is 3.24. The lowest BCUT2D eigenvalue weighted by Gasteiger charge is -2.22. The molecule has 124 valence electrons. The molecular weight excluding hydrogens is 306 g/mol. The quantitative estimate of drug-likeness (QED) is 0.715. The number of ether oxygens (including phenoxy) is 1. The standard InChI is InChI=1S/C17H19N5O2/c1-20-15-6-4-3-5-14(15)16(19-20)17(23)21-9-12-7-8-18-22(12)11-13(10-21)24-2/h3-8,13H,9-11H2,1-2H3/t13-/m0/s1. The van der Waals surface area contributed by atoms with E-state index < -0.39 is 0 Å². The predicted molar refractivity (Wildman–Crippen MR) is 88.5 cm³/mol. The second-order valence-electron chi connectivity index (χ2n) is 6.04. The average molecular weight is 325 g/mol. The number of para-hydroxylation sites is 1. The average Bonchev–Trinajstić information content (AvgIpc) is 3.13. The first-order chi connectivity index (χ1) is 11.7. The Balaban J connectivity index is 1.73. The van der Waals surface area contributed by atoms with E-state index in [9.17, 15) is 4.79 Å². The van der Waals surface area contributed by atoms with Gasteiger partial charge in [-0.1, -0.05) is 18.2 Å². The molecule has 1 aliphatic rings. The molecule has 0 radical (unpaired) electrons. The second kappa shape index (κ2) is 5.76. The Labute approximate surface area is 139 Å². The number of hydrogen-bond acceptors (Lipinski definition) is 4. The highest BCUT2D eigenvalue weighted by Crippen LogP contribution is 2.21. The number of fused-ring (bicyclic) bond motifs is 2. The third-order valence-corrected chi connectivity index (χ3v) is 4.54. The van der Waals surface area contributed by atoms with Crippen molar-refractivity contribution in [2.75, 3.05) is 13.7 Å². The third kappa shape index (κ3) is 2.37. The van der Waals surface area contributed by atoms with Gasteiger partial charge in [0.1, 0.15) is 0 Å². The summed E-state index contributed by atoms with van der Waals surface area (Å²) in [6, 6.07) is 9.72. The summed E-state index contributed by atoms with van der Waals surface area (Å²) in [4.78, 5) is 14.9. The third-order valence-electron chi connectivity index (χ3n) is 4.54. The minimum Gasteiger partial charge on any atom is -0.378 e. The van der Waals surface area contributed by atoms with Crippen LogP contribution in [0.2, 0.25) is 0 Å². The molecule has 0 aliphatic carbocycles. The Morgan fingerprint density at radius 1 is 1.25 bits per heavy atom. The van der Waals surface area contributed by atoms with Gasteiger partial charge in [-0.3, -0.25) is 14.2 Å². The lowest BCUT2D eigenvalue weighted by Crippen LogP contribution is -2.37. The van der Waals surface area contributed by atoms with Crippen LogP contribution in [0, 0.1) is 0 Å². The maximum Gasteiger partial charge on any atom is 0.275 e. The van der Waals surface area contributed by atoms with Crippen LogP contribution in [0.25, 0.3) is 10.9 Å². The number of hydrogen-bond donors (Lipinski definition) is 0. The van der Waals surface area contributed by atoms with Crippen LogP contribution in [-0.2, 0) is 24.9 Å². The number of carbonyl (C=O) groups is 1. The van der Waals surface area contributed by atoms with Gasteiger partial charge in [0.15, 0.2) is 5.69 Å². The fraction of sp³-hybridized carbons (Fsp3) is 0.353. The Bertz CT molecular complexity index is 897. The number of methoxy groups -OCH3 is 1. The smallest absolute Gasteiger partial charge is 0.275 e. The fourth-order valence-corrected chi connectivity index (χ4v) is 3.24. The summed E-state index contributed by atoms with van der Waals surface area (Å²) in [5.41, 5.74) is 2.43. The van der Waals surface area contributed by atoms with E-state index in [-0.39, 0.29) is 12.0 Å². The summed E-state index contributed by atoms with van der Waals surface area (Å²) in [5, 5.41) is 9.64. The second-order valence-corrected chi connectivity index (χ2v) is 6.04. The van der Waals surface area contributed by atoms with Crippen molar-refractivity contribution in [1.82, 2.24) is 24.5 Å². The van der Waals surface area contributed by atoms with Crippen molar-refractivity contribution in [3.05, 3.63) is 47.9 Å². The van der Waals surface area contributed by atoms with Gasteiger partial charge in [-0.15, -0.1) is 0 Å². The van der Waals surface area contributed by atoms with E-state index in [1.165, 1.54) is 0 Å². The van der Waals surface area contributed by atoms with Gasteiger partial charge < -0.3 is 9.64 Å². The molecule has 3 heterocycles. The van der Waals surface area contributed by atoms with Crippen LogP contribution in [-0.4, -0.2) is 50.1 Å². The van der Waals surface area contributed by atoms with E-state index >= 15 is 0 Å². The number of amides is 1. The molecule has 0 bridgehead atoms. The minimum atomic E-state index is -0.0925. The first-order valence-electron chi connectivity index (χ1n) is 7.92. The van der Waals surface area contributed by atoms with Crippen molar-refractivity contribution in [2.24, 2.45) is 7.05 Å².